The van der Waals surface area contributed by atoms with Gasteiger partial charge in [0.05, 0.1) is 29.5 Å². The fourth-order valence-corrected chi connectivity index (χ4v) is 4.64. The number of nitrogens with one attached hydrogen (secondary N) is 1. The monoisotopic (exact) mass is 433 g/mol. The minimum atomic E-state index is -0.485. The molecule has 5 rings (SSSR count). The molecule has 0 aliphatic carbocycles. The van der Waals surface area contributed by atoms with Crippen LogP contribution in [0, 0.1) is 0 Å². The van der Waals surface area contributed by atoms with Crippen molar-refractivity contribution in [2.75, 3.05) is 18.9 Å². The molecule has 9 heteroatoms. The summed E-state index contributed by atoms with van der Waals surface area (Å²) in [6, 6.07) is 7.64. The van der Waals surface area contributed by atoms with Crippen molar-refractivity contribution in [2.45, 2.75) is 25.9 Å². The molecule has 31 heavy (non-hydrogen) atoms. The molecule has 0 radical (unpaired) electrons. The molecule has 0 saturated heterocycles. The van der Waals surface area contributed by atoms with Gasteiger partial charge in [-0.3, -0.25) is 9.20 Å². The van der Waals surface area contributed by atoms with E-state index in [1.165, 1.54) is 4.88 Å². The SMILES string of the molecule is CN1CCCc2nc(-c3ncc4c(C(N)=O)cccn34)nc(NCc3cccs3)c2C1. The lowest BCUT2D eigenvalue weighted by atomic mass is 10.1. The van der Waals surface area contributed by atoms with Crippen molar-refractivity contribution in [1.82, 2.24) is 24.3 Å². The predicted octanol–water partition coefficient (Wildman–Crippen LogP) is 2.94. The highest BCUT2D eigenvalue weighted by atomic mass is 32.1. The summed E-state index contributed by atoms with van der Waals surface area (Å²) in [5.74, 6) is 1.49. The maximum atomic E-state index is 11.8. The maximum absolute atomic E-state index is 11.8. The highest BCUT2D eigenvalue weighted by Crippen LogP contribution is 2.28. The Morgan fingerprint density at radius 2 is 2.19 bits per heavy atom. The van der Waals surface area contributed by atoms with E-state index in [4.69, 9.17) is 15.7 Å². The van der Waals surface area contributed by atoms with Crippen molar-refractivity contribution >= 4 is 28.6 Å². The van der Waals surface area contributed by atoms with Gasteiger partial charge in [-0.05, 0) is 50.0 Å². The number of hydrogen-bond donors (Lipinski definition) is 2. The Morgan fingerprint density at radius 1 is 1.29 bits per heavy atom. The van der Waals surface area contributed by atoms with Crippen LogP contribution < -0.4 is 11.1 Å². The van der Waals surface area contributed by atoms with E-state index in [1.807, 2.05) is 16.7 Å². The third-order valence-corrected chi connectivity index (χ3v) is 6.40. The molecule has 0 saturated carbocycles. The predicted molar refractivity (Wildman–Crippen MR) is 121 cm³/mol. The lowest BCUT2D eigenvalue weighted by Gasteiger charge is -2.17. The number of primary amides is 1. The molecule has 0 atom stereocenters. The number of fused-ring (bicyclic) bond motifs is 2. The first kappa shape index (κ1) is 19.7. The van der Waals surface area contributed by atoms with Gasteiger partial charge in [-0.15, -0.1) is 11.3 Å². The number of anilines is 1. The van der Waals surface area contributed by atoms with Gasteiger partial charge in [-0.1, -0.05) is 6.07 Å². The molecular weight excluding hydrogens is 410 g/mol. The number of carbonyl (C=O) groups is 1. The first-order valence-corrected chi connectivity index (χ1v) is 11.1. The van der Waals surface area contributed by atoms with Crippen LogP contribution in [0.15, 0.2) is 42.0 Å². The Morgan fingerprint density at radius 3 is 3.00 bits per heavy atom. The summed E-state index contributed by atoms with van der Waals surface area (Å²) in [6.45, 7) is 2.53. The second-order valence-electron chi connectivity index (χ2n) is 7.72. The summed E-state index contributed by atoms with van der Waals surface area (Å²) in [5, 5.41) is 5.60. The highest BCUT2D eigenvalue weighted by molar-refractivity contribution is 7.09. The first-order valence-electron chi connectivity index (χ1n) is 10.2. The lowest BCUT2D eigenvalue weighted by Crippen LogP contribution is -2.19. The zero-order valence-corrected chi connectivity index (χ0v) is 18.0. The number of pyridine rings is 1. The number of thiophene rings is 1. The molecule has 0 fully saturated rings. The van der Waals surface area contributed by atoms with Gasteiger partial charge in [-0.25, -0.2) is 15.0 Å². The summed E-state index contributed by atoms with van der Waals surface area (Å²) in [6.07, 6.45) is 5.43. The van der Waals surface area contributed by atoms with Crippen molar-refractivity contribution in [3.05, 3.63) is 63.7 Å². The standard InChI is InChI=1S/C22H23N7OS/c1-28-8-3-7-17-16(13-28)20(24-11-14-5-4-10-31-14)27-21(26-17)22-25-12-18-15(19(23)30)6-2-9-29(18)22/h2,4-6,9-10,12H,3,7-8,11,13H2,1H3,(H2,23,30)(H,24,26,27). The summed E-state index contributed by atoms with van der Waals surface area (Å²) in [5.41, 5.74) is 8.79. The van der Waals surface area contributed by atoms with Crippen LogP contribution in [-0.4, -0.2) is 43.8 Å². The van der Waals surface area contributed by atoms with E-state index < -0.39 is 5.91 Å². The zero-order chi connectivity index (χ0) is 21.4. The second kappa shape index (κ2) is 8.09. The fraction of sp³-hybridized carbons (Fsp3) is 0.273. The van der Waals surface area contributed by atoms with Gasteiger partial charge in [0.25, 0.3) is 5.91 Å². The summed E-state index contributed by atoms with van der Waals surface area (Å²) in [7, 11) is 2.12. The Kier molecular flexibility index (Phi) is 5.13. The van der Waals surface area contributed by atoms with Crippen molar-refractivity contribution in [2.24, 2.45) is 5.73 Å². The van der Waals surface area contributed by atoms with Gasteiger partial charge in [0.1, 0.15) is 5.82 Å². The molecule has 0 unspecified atom stereocenters. The van der Waals surface area contributed by atoms with Crippen LogP contribution >= 0.6 is 11.3 Å². The summed E-state index contributed by atoms with van der Waals surface area (Å²) < 4.78 is 1.83. The van der Waals surface area contributed by atoms with Crippen LogP contribution in [0.3, 0.4) is 0 Å². The molecule has 1 aliphatic heterocycles. The minimum Gasteiger partial charge on any atom is -0.366 e. The van der Waals surface area contributed by atoms with Crippen LogP contribution in [0.25, 0.3) is 17.2 Å². The quantitative estimate of drug-likeness (QED) is 0.502. The van der Waals surface area contributed by atoms with Gasteiger partial charge in [0, 0.05) is 23.2 Å². The third kappa shape index (κ3) is 3.77. The van der Waals surface area contributed by atoms with E-state index >= 15 is 0 Å². The Hall–Kier alpha value is -3.30. The largest absolute Gasteiger partial charge is 0.366 e. The number of carbonyl (C=O) groups excluding carboxylic acids is 1. The topological polar surface area (TPSA) is 101 Å². The number of hydrogen-bond acceptors (Lipinski definition) is 7. The Balaban J connectivity index is 1.62. The maximum Gasteiger partial charge on any atom is 0.250 e. The molecule has 0 spiro atoms. The number of nitrogens with zero attached hydrogens (tertiary/aromatic N) is 5. The Labute approximate surface area is 183 Å². The Bertz CT molecular complexity index is 1250. The second-order valence-corrected chi connectivity index (χ2v) is 8.75. The zero-order valence-electron chi connectivity index (χ0n) is 17.2. The molecule has 4 aromatic rings. The molecule has 0 aromatic carbocycles. The van der Waals surface area contributed by atoms with Crippen molar-refractivity contribution in [3.63, 3.8) is 0 Å². The van der Waals surface area contributed by atoms with Crippen molar-refractivity contribution < 1.29 is 4.79 Å². The molecule has 1 amide bonds. The number of imidazole rings is 1. The summed E-state index contributed by atoms with van der Waals surface area (Å²) >= 11 is 1.72. The smallest absolute Gasteiger partial charge is 0.250 e. The molecule has 1 aliphatic rings. The van der Waals surface area contributed by atoms with E-state index in [9.17, 15) is 4.79 Å². The van der Waals surface area contributed by atoms with E-state index in [-0.39, 0.29) is 0 Å². The summed E-state index contributed by atoms with van der Waals surface area (Å²) in [4.78, 5) is 29.7. The average molecular weight is 434 g/mol. The molecule has 0 bridgehead atoms. The van der Waals surface area contributed by atoms with Crippen molar-refractivity contribution in [3.8, 4) is 11.6 Å². The first-order chi connectivity index (χ1) is 15.1. The van der Waals surface area contributed by atoms with Gasteiger partial charge < -0.3 is 16.0 Å². The molecule has 4 aromatic heterocycles. The number of rotatable bonds is 5. The van der Waals surface area contributed by atoms with Crippen LogP contribution in [-0.2, 0) is 19.5 Å². The van der Waals surface area contributed by atoms with Gasteiger partial charge >= 0.3 is 0 Å². The molecular formula is C22H23N7OS. The third-order valence-electron chi connectivity index (χ3n) is 5.52. The molecule has 5 heterocycles. The molecule has 158 valence electrons. The normalized spacial score (nSPS) is 14.4. The van der Waals surface area contributed by atoms with Crippen LogP contribution in [0.5, 0.6) is 0 Å². The van der Waals surface area contributed by atoms with E-state index in [1.54, 1.807) is 29.7 Å². The van der Waals surface area contributed by atoms with Crippen molar-refractivity contribution in [1.29, 1.82) is 0 Å². The number of aromatic nitrogens is 4. The number of aryl methyl sites for hydroxylation is 1. The lowest BCUT2D eigenvalue weighted by molar-refractivity contribution is 0.100. The minimum absolute atomic E-state index is 0.425. The number of nitrogens with two attached hydrogens (primary N) is 1. The highest BCUT2D eigenvalue weighted by Gasteiger charge is 2.22. The van der Waals surface area contributed by atoms with Gasteiger partial charge in [0.2, 0.25) is 0 Å². The van der Waals surface area contributed by atoms with Crippen LogP contribution in [0.4, 0.5) is 5.82 Å². The molecule has 3 N–H and O–H groups in total. The van der Waals surface area contributed by atoms with Crippen LogP contribution in [0.2, 0.25) is 0 Å². The van der Waals surface area contributed by atoms with Gasteiger partial charge in [-0.2, -0.15) is 0 Å². The average Bonchev–Trinajstić information content (AvgIpc) is 3.39. The molecule has 8 nitrogen and oxygen atoms in total. The number of amides is 1. The van der Waals surface area contributed by atoms with E-state index in [0.29, 0.717) is 29.3 Å². The van der Waals surface area contributed by atoms with E-state index in [0.717, 1.165) is 43.0 Å². The van der Waals surface area contributed by atoms with Gasteiger partial charge in [0.15, 0.2) is 11.6 Å². The van der Waals surface area contributed by atoms with E-state index in [2.05, 4.69) is 33.7 Å². The van der Waals surface area contributed by atoms with Crippen LogP contribution in [0.1, 0.15) is 32.9 Å². The fourth-order valence-electron chi connectivity index (χ4n) is 3.99.